The summed E-state index contributed by atoms with van der Waals surface area (Å²) in [5.74, 6) is 0.723. The van der Waals surface area contributed by atoms with Crippen LogP contribution in [0, 0.1) is 11.9 Å². The molecule has 222 valence electrons. The standard InChI is InChI=1S/C33H31ClFN3O5/c34-25-10-8-22(32-24(25)16-29(35)43-32)18-42-31-3-1-2-26(37-31)20-6-4-19(5-7-20)14-30-36-27-11-9-21(33(39)40)15-28(27)38(30)17-23-12-13-41-23/h1-3,8-11,15-16,19-20,23H,4-7,12-14,17-18H2,(H,39,40)/t19?,20?,23-/m0/s1/i18D2. The average Bonchev–Trinajstić information content (AvgIpc) is 3.54. The third kappa shape index (κ3) is 5.71. The Balaban J connectivity index is 1.04. The van der Waals surface area contributed by atoms with Gasteiger partial charge in [0.15, 0.2) is 0 Å². The zero-order valence-electron chi connectivity index (χ0n) is 25.3. The summed E-state index contributed by atoms with van der Waals surface area (Å²) >= 11 is 6.15. The van der Waals surface area contributed by atoms with Crippen molar-refractivity contribution in [1.29, 1.82) is 0 Å². The van der Waals surface area contributed by atoms with Gasteiger partial charge >= 0.3 is 5.97 Å². The van der Waals surface area contributed by atoms with Gasteiger partial charge in [-0.3, -0.25) is 0 Å². The molecule has 5 aromatic rings. The van der Waals surface area contributed by atoms with Crippen molar-refractivity contribution in [2.75, 3.05) is 6.61 Å². The smallest absolute Gasteiger partial charge is 0.335 e. The van der Waals surface area contributed by atoms with Crippen molar-refractivity contribution in [3.63, 3.8) is 0 Å². The van der Waals surface area contributed by atoms with Crippen LogP contribution < -0.4 is 4.74 Å². The Labute approximate surface area is 255 Å². The minimum Gasteiger partial charge on any atom is -0.478 e. The van der Waals surface area contributed by atoms with Crippen molar-refractivity contribution in [3.05, 3.63) is 88.3 Å². The van der Waals surface area contributed by atoms with Gasteiger partial charge in [0.1, 0.15) is 18.0 Å². The van der Waals surface area contributed by atoms with E-state index in [1.54, 1.807) is 30.3 Å². The molecule has 0 radical (unpaired) electrons. The molecule has 1 N–H and O–H groups in total. The summed E-state index contributed by atoms with van der Waals surface area (Å²) in [4.78, 5) is 21.2. The summed E-state index contributed by atoms with van der Waals surface area (Å²) in [6.07, 6.45) is 5.63. The highest BCUT2D eigenvalue weighted by Crippen LogP contribution is 2.38. The Morgan fingerprint density at radius 2 is 1.95 bits per heavy atom. The van der Waals surface area contributed by atoms with Crippen molar-refractivity contribution < 1.29 is 30.9 Å². The number of hydrogen-bond acceptors (Lipinski definition) is 6. The van der Waals surface area contributed by atoms with Crippen LogP contribution in [-0.4, -0.2) is 38.3 Å². The van der Waals surface area contributed by atoms with Crippen LogP contribution in [0.4, 0.5) is 4.39 Å². The number of benzene rings is 2. The lowest BCUT2D eigenvalue weighted by Gasteiger charge is -2.30. The van der Waals surface area contributed by atoms with Gasteiger partial charge in [-0.25, -0.2) is 14.8 Å². The summed E-state index contributed by atoms with van der Waals surface area (Å²) in [6, 6.07) is 13.6. The van der Waals surface area contributed by atoms with E-state index in [1.165, 1.54) is 12.1 Å². The molecule has 7 rings (SSSR count). The van der Waals surface area contributed by atoms with E-state index >= 15 is 0 Å². The number of furan rings is 1. The lowest BCUT2D eigenvalue weighted by Crippen LogP contribution is -2.32. The van der Waals surface area contributed by atoms with Gasteiger partial charge < -0.3 is 23.6 Å². The van der Waals surface area contributed by atoms with Crippen molar-refractivity contribution in [2.24, 2.45) is 5.92 Å². The van der Waals surface area contributed by atoms with Crippen LogP contribution in [0.2, 0.25) is 5.02 Å². The summed E-state index contributed by atoms with van der Waals surface area (Å²) in [5.41, 5.74) is 2.71. The van der Waals surface area contributed by atoms with E-state index in [0.717, 1.165) is 73.7 Å². The number of aromatic carboxylic acids is 1. The molecule has 3 aromatic heterocycles. The predicted molar refractivity (Wildman–Crippen MR) is 159 cm³/mol. The van der Waals surface area contributed by atoms with Gasteiger partial charge in [-0.2, -0.15) is 4.39 Å². The first-order chi connectivity index (χ1) is 21.6. The fourth-order valence-electron chi connectivity index (χ4n) is 6.18. The number of rotatable bonds is 9. The number of aromatic nitrogens is 3. The number of ether oxygens (including phenoxy) is 2. The monoisotopic (exact) mass is 605 g/mol. The Morgan fingerprint density at radius 3 is 2.72 bits per heavy atom. The average molecular weight is 606 g/mol. The second-order valence-electron chi connectivity index (χ2n) is 11.3. The van der Waals surface area contributed by atoms with Crippen LogP contribution in [0.3, 0.4) is 0 Å². The maximum Gasteiger partial charge on any atom is 0.335 e. The van der Waals surface area contributed by atoms with E-state index < -0.39 is 18.5 Å². The first kappa shape index (κ1) is 25.5. The van der Waals surface area contributed by atoms with Crippen LogP contribution in [-0.2, 0) is 24.3 Å². The van der Waals surface area contributed by atoms with Crippen molar-refractivity contribution in [2.45, 2.75) is 63.7 Å². The summed E-state index contributed by atoms with van der Waals surface area (Å²) < 4.78 is 49.7. The van der Waals surface area contributed by atoms with E-state index in [0.29, 0.717) is 12.5 Å². The maximum atomic E-state index is 13.9. The quantitative estimate of drug-likeness (QED) is 0.185. The van der Waals surface area contributed by atoms with E-state index in [9.17, 15) is 14.3 Å². The number of carboxylic acid groups (broad SMARTS) is 1. The van der Waals surface area contributed by atoms with Gasteiger partial charge in [-0.1, -0.05) is 23.7 Å². The SMILES string of the molecule is [2H]C([2H])(Oc1cccc(C2CCC(Cc3nc4ccc(C(=O)O)cc4n3C[C@@H]3CCO3)CC2)n1)c1ccc(Cl)c2cc(F)oc12. The van der Waals surface area contributed by atoms with Gasteiger partial charge in [0.2, 0.25) is 5.88 Å². The number of halogens is 2. The highest BCUT2D eigenvalue weighted by atomic mass is 35.5. The summed E-state index contributed by atoms with van der Waals surface area (Å²) in [5, 5.41) is 10.1. The van der Waals surface area contributed by atoms with Crippen molar-refractivity contribution >= 4 is 39.6 Å². The van der Waals surface area contributed by atoms with Crippen LogP contribution in [0.5, 0.6) is 5.88 Å². The van der Waals surface area contributed by atoms with Gasteiger partial charge in [-0.15, -0.1) is 0 Å². The van der Waals surface area contributed by atoms with E-state index in [1.807, 2.05) is 6.07 Å². The molecule has 1 atom stereocenters. The summed E-state index contributed by atoms with van der Waals surface area (Å²) in [7, 11) is 0. The van der Waals surface area contributed by atoms with Gasteiger partial charge in [0, 0.05) is 47.7 Å². The summed E-state index contributed by atoms with van der Waals surface area (Å²) in [6.45, 7) is -0.945. The number of nitrogens with zero attached hydrogens (tertiary/aromatic N) is 3. The molecule has 1 saturated carbocycles. The third-order valence-corrected chi connectivity index (χ3v) is 8.93. The lowest BCUT2D eigenvalue weighted by atomic mass is 9.79. The zero-order valence-corrected chi connectivity index (χ0v) is 24.0. The molecule has 10 heteroatoms. The topological polar surface area (TPSA) is 99.6 Å². The molecule has 1 saturated heterocycles. The van der Waals surface area contributed by atoms with Gasteiger partial charge in [0.25, 0.3) is 6.01 Å². The minimum absolute atomic E-state index is 0.00413. The molecule has 2 aliphatic rings. The molecule has 8 nitrogen and oxygen atoms in total. The molecule has 4 heterocycles. The third-order valence-electron chi connectivity index (χ3n) is 8.60. The second-order valence-corrected chi connectivity index (χ2v) is 11.8. The Morgan fingerprint density at radius 1 is 1.12 bits per heavy atom. The number of carbonyl (C=O) groups is 1. The number of imidazole rings is 1. The Kier molecular flexibility index (Phi) is 6.90. The fourth-order valence-corrected chi connectivity index (χ4v) is 6.38. The molecule has 1 aliphatic carbocycles. The van der Waals surface area contributed by atoms with E-state index in [-0.39, 0.29) is 45.0 Å². The molecular formula is C33H31ClFN3O5. The highest BCUT2D eigenvalue weighted by molar-refractivity contribution is 6.35. The fraction of sp³-hybridized carbons (Fsp3) is 0.364. The van der Waals surface area contributed by atoms with Crippen LogP contribution in [0.25, 0.3) is 22.0 Å². The molecule has 0 unspecified atom stereocenters. The van der Waals surface area contributed by atoms with Gasteiger partial charge in [-0.05, 0) is 68.4 Å². The first-order valence-electron chi connectivity index (χ1n) is 15.5. The first-order valence-corrected chi connectivity index (χ1v) is 14.9. The van der Waals surface area contributed by atoms with Crippen LogP contribution >= 0.6 is 11.6 Å². The highest BCUT2D eigenvalue weighted by Gasteiger charge is 2.27. The van der Waals surface area contributed by atoms with Crippen molar-refractivity contribution in [3.8, 4) is 5.88 Å². The molecule has 2 fully saturated rings. The molecule has 2 aromatic carbocycles. The zero-order chi connectivity index (χ0) is 31.3. The molecule has 0 spiro atoms. The molecule has 0 bridgehead atoms. The Hall–Kier alpha value is -3.95. The lowest BCUT2D eigenvalue weighted by molar-refractivity contribution is -0.0590. The van der Waals surface area contributed by atoms with Crippen LogP contribution in [0.15, 0.2) is 59.0 Å². The number of carboxylic acids is 1. The van der Waals surface area contributed by atoms with E-state index in [4.69, 9.17) is 33.2 Å². The second kappa shape index (κ2) is 11.6. The molecular weight excluding hydrogens is 573 g/mol. The number of hydrogen-bond donors (Lipinski definition) is 1. The van der Waals surface area contributed by atoms with Crippen molar-refractivity contribution in [1.82, 2.24) is 14.5 Å². The molecule has 1 aliphatic heterocycles. The largest absolute Gasteiger partial charge is 0.478 e. The number of pyridine rings is 1. The minimum atomic E-state index is -2.35. The Bertz CT molecular complexity index is 1900. The molecule has 43 heavy (non-hydrogen) atoms. The normalized spacial score (nSPS) is 21.4. The van der Waals surface area contributed by atoms with E-state index in [2.05, 4.69) is 9.55 Å². The van der Waals surface area contributed by atoms with Crippen LogP contribution in [0.1, 0.15) is 68.2 Å². The van der Waals surface area contributed by atoms with Gasteiger partial charge in [0.05, 0.1) is 37.0 Å². The maximum absolute atomic E-state index is 13.9. The number of fused-ring (bicyclic) bond motifs is 2. The predicted octanol–water partition coefficient (Wildman–Crippen LogP) is 7.55. The molecule has 0 amide bonds.